The minimum atomic E-state index is 0.400. The summed E-state index contributed by atoms with van der Waals surface area (Å²) in [5.41, 5.74) is 1.42. The molecule has 0 atom stereocenters. The molecular weight excluding hydrogens is 220 g/mol. The number of hydrogen-bond donors (Lipinski definition) is 0. The standard InChI is InChI=1S/C11H8N4S/c1-8-6-13-11(14-7-8)16-10-4-2-3-9(5-12)15-10/h2-4,6-7H,1H3. The Bertz CT molecular complexity index is 530. The van der Waals surface area contributed by atoms with Crippen LogP contribution in [-0.2, 0) is 0 Å². The van der Waals surface area contributed by atoms with E-state index in [2.05, 4.69) is 15.0 Å². The second-order valence-electron chi connectivity index (χ2n) is 3.12. The van der Waals surface area contributed by atoms with Crippen LogP contribution >= 0.6 is 11.8 Å². The van der Waals surface area contributed by atoms with E-state index in [0.717, 1.165) is 10.6 Å². The third-order valence-corrected chi connectivity index (χ3v) is 2.62. The lowest BCUT2D eigenvalue weighted by atomic mass is 10.4. The molecule has 78 valence electrons. The van der Waals surface area contributed by atoms with Crippen molar-refractivity contribution in [2.75, 3.05) is 0 Å². The maximum Gasteiger partial charge on any atom is 0.193 e. The number of hydrogen-bond acceptors (Lipinski definition) is 5. The van der Waals surface area contributed by atoms with Crippen molar-refractivity contribution in [2.24, 2.45) is 0 Å². The van der Waals surface area contributed by atoms with Gasteiger partial charge in [0.1, 0.15) is 16.8 Å². The zero-order valence-corrected chi connectivity index (χ0v) is 9.40. The van der Waals surface area contributed by atoms with Crippen molar-refractivity contribution < 1.29 is 0 Å². The Morgan fingerprint density at radius 3 is 2.69 bits per heavy atom. The Morgan fingerprint density at radius 2 is 2.00 bits per heavy atom. The molecule has 5 heteroatoms. The molecule has 0 spiro atoms. The van der Waals surface area contributed by atoms with Gasteiger partial charge in [-0.05, 0) is 36.4 Å². The summed E-state index contributed by atoms with van der Waals surface area (Å²) in [5.74, 6) is 0. The van der Waals surface area contributed by atoms with Gasteiger partial charge in [0.2, 0.25) is 0 Å². The Hall–Kier alpha value is -1.93. The summed E-state index contributed by atoms with van der Waals surface area (Å²) < 4.78 is 0. The Balaban J connectivity index is 2.21. The van der Waals surface area contributed by atoms with Crippen LogP contribution in [0.1, 0.15) is 11.3 Å². The minimum Gasteiger partial charge on any atom is -0.231 e. The lowest BCUT2D eigenvalue weighted by molar-refractivity contribution is 0.944. The van der Waals surface area contributed by atoms with Crippen molar-refractivity contribution in [1.82, 2.24) is 15.0 Å². The SMILES string of the molecule is Cc1cnc(Sc2cccc(C#N)n2)nc1. The monoisotopic (exact) mass is 228 g/mol. The summed E-state index contributed by atoms with van der Waals surface area (Å²) in [7, 11) is 0. The molecule has 0 amide bonds. The van der Waals surface area contributed by atoms with Gasteiger partial charge in [-0.2, -0.15) is 5.26 Å². The summed E-state index contributed by atoms with van der Waals surface area (Å²) in [6.45, 7) is 1.93. The molecule has 2 aromatic heterocycles. The van der Waals surface area contributed by atoms with Crippen molar-refractivity contribution in [3.8, 4) is 6.07 Å². The van der Waals surface area contributed by atoms with Gasteiger partial charge in [-0.15, -0.1) is 0 Å². The third kappa shape index (κ3) is 2.55. The quantitative estimate of drug-likeness (QED) is 0.737. The number of aromatic nitrogens is 3. The van der Waals surface area contributed by atoms with Gasteiger partial charge in [0.05, 0.1) is 0 Å². The molecule has 0 aliphatic carbocycles. The molecule has 0 aliphatic rings. The Morgan fingerprint density at radius 1 is 1.25 bits per heavy atom. The number of pyridine rings is 1. The molecule has 0 aromatic carbocycles. The normalized spacial score (nSPS) is 9.75. The third-order valence-electron chi connectivity index (χ3n) is 1.79. The Kier molecular flexibility index (Phi) is 3.13. The average Bonchev–Trinajstić information content (AvgIpc) is 2.32. The second-order valence-corrected chi connectivity index (χ2v) is 4.11. The molecule has 0 bridgehead atoms. The van der Waals surface area contributed by atoms with E-state index < -0.39 is 0 Å². The highest BCUT2D eigenvalue weighted by Gasteiger charge is 2.02. The van der Waals surface area contributed by atoms with E-state index in [1.54, 1.807) is 24.5 Å². The van der Waals surface area contributed by atoms with E-state index in [-0.39, 0.29) is 0 Å². The first-order chi connectivity index (χ1) is 7.78. The predicted octanol–water partition coefficient (Wildman–Crippen LogP) is 2.20. The average molecular weight is 228 g/mol. The molecule has 0 saturated carbocycles. The van der Waals surface area contributed by atoms with E-state index in [4.69, 9.17) is 5.26 Å². The molecule has 0 saturated heterocycles. The smallest absolute Gasteiger partial charge is 0.193 e. The van der Waals surface area contributed by atoms with Crippen LogP contribution in [0.5, 0.6) is 0 Å². The van der Waals surface area contributed by atoms with Crippen LogP contribution in [0.25, 0.3) is 0 Å². The van der Waals surface area contributed by atoms with Crippen molar-refractivity contribution in [3.63, 3.8) is 0 Å². The van der Waals surface area contributed by atoms with Crippen LogP contribution in [-0.4, -0.2) is 15.0 Å². The highest BCUT2D eigenvalue weighted by molar-refractivity contribution is 7.99. The van der Waals surface area contributed by atoms with Crippen molar-refractivity contribution in [3.05, 3.63) is 41.9 Å². The number of aryl methyl sites for hydroxylation is 1. The highest BCUT2D eigenvalue weighted by Crippen LogP contribution is 2.21. The van der Waals surface area contributed by atoms with E-state index in [1.165, 1.54) is 11.8 Å². The van der Waals surface area contributed by atoms with Crippen LogP contribution < -0.4 is 0 Å². The number of nitrogens with zero attached hydrogens (tertiary/aromatic N) is 4. The maximum absolute atomic E-state index is 8.71. The van der Waals surface area contributed by atoms with Gasteiger partial charge in [-0.25, -0.2) is 15.0 Å². The van der Waals surface area contributed by atoms with Gasteiger partial charge < -0.3 is 0 Å². The van der Waals surface area contributed by atoms with Crippen LogP contribution in [0.3, 0.4) is 0 Å². The Labute approximate surface area is 97.4 Å². The molecule has 2 heterocycles. The fraction of sp³-hybridized carbons (Fsp3) is 0.0909. The van der Waals surface area contributed by atoms with Crippen LogP contribution in [0.2, 0.25) is 0 Å². The summed E-state index contributed by atoms with van der Waals surface area (Å²) in [4.78, 5) is 12.4. The second kappa shape index (κ2) is 4.73. The minimum absolute atomic E-state index is 0.400. The molecule has 4 nitrogen and oxygen atoms in total. The zero-order chi connectivity index (χ0) is 11.4. The van der Waals surface area contributed by atoms with Crippen LogP contribution in [0.4, 0.5) is 0 Å². The lowest BCUT2D eigenvalue weighted by Crippen LogP contribution is -1.89. The molecule has 0 N–H and O–H groups in total. The van der Waals surface area contributed by atoms with E-state index in [9.17, 15) is 0 Å². The zero-order valence-electron chi connectivity index (χ0n) is 8.58. The summed E-state index contributed by atoms with van der Waals surface area (Å²) >= 11 is 1.34. The van der Waals surface area contributed by atoms with Gasteiger partial charge >= 0.3 is 0 Å². The molecule has 2 aromatic rings. The predicted molar refractivity (Wildman–Crippen MR) is 59.8 cm³/mol. The summed E-state index contributed by atoms with van der Waals surface area (Å²) in [6.07, 6.45) is 3.51. The molecule has 16 heavy (non-hydrogen) atoms. The molecule has 0 unspecified atom stereocenters. The van der Waals surface area contributed by atoms with E-state index >= 15 is 0 Å². The first-order valence-corrected chi connectivity index (χ1v) is 5.43. The van der Waals surface area contributed by atoms with Crippen molar-refractivity contribution in [1.29, 1.82) is 5.26 Å². The molecule has 0 radical (unpaired) electrons. The van der Waals surface area contributed by atoms with Crippen molar-refractivity contribution in [2.45, 2.75) is 17.1 Å². The van der Waals surface area contributed by atoms with Gasteiger partial charge in [0.25, 0.3) is 0 Å². The van der Waals surface area contributed by atoms with Gasteiger partial charge in [0, 0.05) is 12.4 Å². The van der Waals surface area contributed by atoms with Crippen molar-refractivity contribution >= 4 is 11.8 Å². The fourth-order valence-corrected chi connectivity index (χ4v) is 1.75. The first-order valence-electron chi connectivity index (χ1n) is 4.61. The van der Waals surface area contributed by atoms with Crippen LogP contribution in [0.15, 0.2) is 40.8 Å². The van der Waals surface area contributed by atoms with Crippen LogP contribution in [0, 0.1) is 18.3 Å². The van der Waals surface area contributed by atoms with Gasteiger partial charge in [0.15, 0.2) is 5.16 Å². The van der Waals surface area contributed by atoms with E-state index in [1.807, 2.05) is 19.1 Å². The number of rotatable bonds is 2. The molecule has 2 rings (SSSR count). The maximum atomic E-state index is 8.71. The molecule has 0 aliphatic heterocycles. The largest absolute Gasteiger partial charge is 0.231 e. The van der Waals surface area contributed by atoms with Gasteiger partial charge in [-0.3, -0.25) is 0 Å². The topological polar surface area (TPSA) is 62.5 Å². The van der Waals surface area contributed by atoms with Gasteiger partial charge in [-0.1, -0.05) is 6.07 Å². The fourth-order valence-electron chi connectivity index (χ4n) is 1.06. The summed E-state index contributed by atoms with van der Waals surface area (Å²) in [6, 6.07) is 7.29. The summed E-state index contributed by atoms with van der Waals surface area (Å²) in [5, 5.41) is 10.1. The lowest BCUT2D eigenvalue weighted by Gasteiger charge is -1.99. The first kappa shape index (κ1) is 10.6. The number of nitriles is 1. The van der Waals surface area contributed by atoms with E-state index in [0.29, 0.717) is 10.9 Å². The molecule has 0 fully saturated rings. The highest BCUT2D eigenvalue weighted by atomic mass is 32.2. The molecular formula is C11H8N4S.